The first-order chi connectivity index (χ1) is 4.27. The molecular weight excluding hydrogens is 144 g/mol. The van der Waals surface area contributed by atoms with Crippen molar-refractivity contribution in [1.29, 1.82) is 0 Å². The van der Waals surface area contributed by atoms with Gasteiger partial charge in [0, 0.05) is 15.4 Å². The van der Waals surface area contributed by atoms with E-state index in [1.165, 1.54) is 6.04 Å². The Hall–Kier alpha value is 0.134. The Labute approximate surface area is 61.7 Å². The van der Waals surface area contributed by atoms with Gasteiger partial charge in [-0.1, -0.05) is 18.8 Å². The van der Waals surface area contributed by atoms with Crippen LogP contribution in [0.15, 0.2) is 12.3 Å². The summed E-state index contributed by atoms with van der Waals surface area (Å²) in [4.78, 5) is 0. The van der Waals surface area contributed by atoms with E-state index in [4.69, 9.17) is 4.43 Å². The molecule has 0 amide bonds. The van der Waals surface area contributed by atoms with Gasteiger partial charge in [-0.25, -0.2) is 0 Å². The molecule has 0 saturated heterocycles. The molecule has 0 aliphatic heterocycles. The Morgan fingerprint density at radius 1 is 1.67 bits per heavy atom. The molecule has 0 bridgehead atoms. The largest absolute Gasteiger partial charge is 0.412 e. The predicted octanol–water partition coefficient (Wildman–Crippen LogP) is 1.52. The number of hydrogen-bond donors (Lipinski definition) is 0. The SMILES string of the molecule is C=C[Si]OCC[Si](C)C. The van der Waals surface area contributed by atoms with Crippen molar-refractivity contribution in [2.45, 2.75) is 19.1 Å². The molecule has 9 heavy (non-hydrogen) atoms. The Kier molecular flexibility index (Phi) is 6.35. The first-order valence-corrected chi connectivity index (χ1v) is 6.74. The molecule has 0 aromatic rings. The zero-order chi connectivity index (χ0) is 7.11. The van der Waals surface area contributed by atoms with Crippen LogP contribution >= 0.6 is 0 Å². The maximum absolute atomic E-state index is 5.23. The van der Waals surface area contributed by atoms with Gasteiger partial charge < -0.3 is 4.43 Å². The Bertz CT molecular complexity index is 73.5. The maximum atomic E-state index is 5.23. The molecule has 0 aliphatic rings. The second kappa shape index (κ2) is 6.26. The monoisotopic (exact) mass is 157 g/mol. The highest BCUT2D eigenvalue weighted by Crippen LogP contribution is 1.89. The molecule has 3 radical (unpaired) electrons. The van der Waals surface area contributed by atoms with E-state index in [1.54, 1.807) is 0 Å². The van der Waals surface area contributed by atoms with E-state index < -0.39 is 0 Å². The summed E-state index contributed by atoms with van der Waals surface area (Å²) in [6.07, 6.45) is 0. The van der Waals surface area contributed by atoms with Crippen LogP contribution < -0.4 is 0 Å². The van der Waals surface area contributed by atoms with Crippen LogP contribution in [-0.4, -0.2) is 25.2 Å². The minimum absolute atomic E-state index is 0.0700. The van der Waals surface area contributed by atoms with Gasteiger partial charge in [0.1, 0.15) is 0 Å². The molecule has 0 N–H and O–H groups in total. The molecule has 51 valence electrons. The van der Waals surface area contributed by atoms with E-state index in [1.807, 2.05) is 5.70 Å². The number of hydrogen-bond acceptors (Lipinski definition) is 1. The minimum Gasteiger partial charge on any atom is -0.412 e. The lowest BCUT2D eigenvalue weighted by molar-refractivity contribution is 0.365. The van der Waals surface area contributed by atoms with E-state index in [-0.39, 0.29) is 8.80 Å². The van der Waals surface area contributed by atoms with Crippen LogP contribution in [0, 0.1) is 0 Å². The van der Waals surface area contributed by atoms with Gasteiger partial charge >= 0.3 is 0 Å². The van der Waals surface area contributed by atoms with Gasteiger partial charge in [-0.3, -0.25) is 0 Å². The van der Waals surface area contributed by atoms with Crippen LogP contribution in [0.4, 0.5) is 0 Å². The van der Waals surface area contributed by atoms with Gasteiger partial charge in [0.25, 0.3) is 9.76 Å². The van der Waals surface area contributed by atoms with E-state index in [2.05, 4.69) is 19.7 Å². The second-order valence-electron chi connectivity index (χ2n) is 2.13. The quantitative estimate of drug-likeness (QED) is 0.434. The molecule has 0 fully saturated rings. The summed E-state index contributed by atoms with van der Waals surface area (Å²) in [6, 6.07) is 1.26. The fraction of sp³-hybridized carbons (Fsp3) is 0.667. The predicted molar refractivity (Wildman–Crippen MR) is 44.2 cm³/mol. The fourth-order valence-electron chi connectivity index (χ4n) is 0.373. The van der Waals surface area contributed by atoms with Gasteiger partial charge in [0.2, 0.25) is 0 Å². The van der Waals surface area contributed by atoms with E-state index in [9.17, 15) is 0 Å². The summed E-state index contributed by atoms with van der Waals surface area (Å²) in [7, 11) is 0.425. The van der Waals surface area contributed by atoms with Gasteiger partial charge in [0.05, 0.1) is 0 Å². The van der Waals surface area contributed by atoms with E-state index in [0.29, 0.717) is 9.76 Å². The van der Waals surface area contributed by atoms with Crippen LogP contribution in [0.5, 0.6) is 0 Å². The first kappa shape index (κ1) is 9.13. The summed E-state index contributed by atoms with van der Waals surface area (Å²) in [6.45, 7) is 9.09. The van der Waals surface area contributed by atoms with Crippen molar-refractivity contribution in [3.05, 3.63) is 12.3 Å². The Morgan fingerprint density at radius 2 is 2.33 bits per heavy atom. The van der Waals surface area contributed by atoms with E-state index >= 15 is 0 Å². The smallest absolute Gasteiger partial charge is 0.260 e. The molecule has 0 rings (SSSR count). The summed E-state index contributed by atoms with van der Waals surface area (Å²) >= 11 is 0. The van der Waals surface area contributed by atoms with Crippen molar-refractivity contribution in [3.63, 3.8) is 0 Å². The minimum atomic E-state index is -0.0700. The summed E-state index contributed by atoms with van der Waals surface area (Å²) in [5, 5.41) is 0. The lowest BCUT2D eigenvalue weighted by Gasteiger charge is -2.00. The van der Waals surface area contributed by atoms with Gasteiger partial charge in [0.15, 0.2) is 0 Å². The molecule has 0 atom stereocenters. The molecule has 1 nitrogen and oxygen atoms in total. The average molecular weight is 157 g/mol. The van der Waals surface area contributed by atoms with Gasteiger partial charge in [-0.15, -0.1) is 6.58 Å². The zero-order valence-electron chi connectivity index (χ0n) is 6.11. The van der Waals surface area contributed by atoms with Crippen LogP contribution in [0.3, 0.4) is 0 Å². The van der Waals surface area contributed by atoms with Crippen molar-refractivity contribution >= 4 is 18.6 Å². The molecular formula is C6H13OSi2. The molecule has 0 heterocycles. The lowest BCUT2D eigenvalue weighted by atomic mass is 10.9. The third kappa shape index (κ3) is 8.13. The highest BCUT2D eigenvalue weighted by atomic mass is 28.3. The van der Waals surface area contributed by atoms with Gasteiger partial charge in [-0.2, -0.15) is 0 Å². The summed E-state index contributed by atoms with van der Waals surface area (Å²) < 4.78 is 5.23. The van der Waals surface area contributed by atoms with Crippen molar-refractivity contribution < 1.29 is 4.43 Å². The summed E-state index contributed by atoms with van der Waals surface area (Å²) in [5.41, 5.74) is 1.82. The van der Waals surface area contributed by atoms with Crippen molar-refractivity contribution in [2.24, 2.45) is 0 Å². The molecule has 3 heteroatoms. The Morgan fingerprint density at radius 3 is 2.78 bits per heavy atom. The number of rotatable bonds is 5. The summed E-state index contributed by atoms with van der Waals surface area (Å²) in [5.74, 6) is 0. The zero-order valence-corrected chi connectivity index (χ0v) is 8.11. The second-order valence-corrected chi connectivity index (χ2v) is 5.97. The van der Waals surface area contributed by atoms with E-state index in [0.717, 1.165) is 6.61 Å². The highest BCUT2D eigenvalue weighted by Gasteiger charge is 1.93. The maximum Gasteiger partial charge on any atom is 0.260 e. The van der Waals surface area contributed by atoms with Crippen molar-refractivity contribution in [1.82, 2.24) is 0 Å². The van der Waals surface area contributed by atoms with Gasteiger partial charge in [-0.05, 0) is 6.04 Å². The van der Waals surface area contributed by atoms with Crippen LogP contribution in [0.1, 0.15) is 0 Å². The third-order valence-electron chi connectivity index (χ3n) is 0.871. The van der Waals surface area contributed by atoms with Crippen molar-refractivity contribution in [2.75, 3.05) is 6.61 Å². The van der Waals surface area contributed by atoms with Crippen LogP contribution in [0.25, 0.3) is 0 Å². The fourth-order valence-corrected chi connectivity index (χ4v) is 1.43. The Balaban J connectivity index is 2.82. The molecule has 0 aromatic heterocycles. The standard InChI is InChI=1S/C6H13OSi2/c1-4-8-7-5-6-9(2)3/h4H,1,5-6H2,2-3H3. The molecule has 0 aliphatic carbocycles. The topological polar surface area (TPSA) is 9.23 Å². The first-order valence-electron chi connectivity index (χ1n) is 3.04. The van der Waals surface area contributed by atoms with Crippen LogP contribution in [-0.2, 0) is 4.43 Å². The van der Waals surface area contributed by atoms with Crippen molar-refractivity contribution in [3.8, 4) is 0 Å². The normalized spacial score (nSPS) is 10.1. The highest BCUT2D eigenvalue weighted by molar-refractivity contribution is 6.55. The third-order valence-corrected chi connectivity index (χ3v) is 2.61. The molecule has 0 saturated carbocycles. The average Bonchev–Trinajstić information content (AvgIpc) is 1.80. The molecule has 0 unspecified atom stereocenters. The lowest BCUT2D eigenvalue weighted by Crippen LogP contribution is -2.06. The molecule has 0 aromatic carbocycles. The molecule has 0 spiro atoms. The van der Waals surface area contributed by atoms with Crippen LogP contribution in [0.2, 0.25) is 19.1 Å².